The van der Waals surface area contributed by atoms with Crippen LogP contribution < -0.4 is 0 Å². The molecule has 0 fully saturated rings. The molecule has 5 aliphatic carbocycles. The monoisotopic (exact) mass is 1660 g/mol. The van der Waals surface area contributed by atoms with Crippen LogP contribution >= 0.6 is 0 Å². The van der Waals surface area contributed by atoms with E-state index in [4.69, 9.17) is 6.58 Å². The summed E-state index contributed by atoms with van der Waals surface area (Å²) < 4.78 is 0. The molecule has 0 spiro atoms. The Kier molecular flexibility index (Phi) is 27.7. The maximum Gasteiger partial charge on any atom is 0 e. The van der Waals surface area contributed by atoms with E-state index in [9.17, 15) is 0 Å². The van der Waals surface area contributed by atoms with Gasteiger partial charge in [0.15, 0.2) is 0 Å². The van der Waals surface area contributed by atoms with Crippen LogP contribution in [0.3, 0.4) is 0 Å². The Morgan fingerprint density at radius 3 is 1.41 bits per heavy atom. The van der Waals surface area contributed by atoms with Gasteiger partial charge < -0.3 is 12.7 Å². The normalized spacial score (nSPS) is 11.9. The number of benzene rings is 14. The molecule has 6 radical (unpaired) electrons. The van der Waals surface area contributed by atoms with Crippen molar-refractivity contribution in [2.75, 3.05) is 0 Å². The van der Waals surface area contributed by atoms with Crippen LogP contribution in [0.15, 0.2) is 279 Å². The third-order valence-electron chi connectivity index (χ3n) is 17.5. The van der Waals surface area contributed by atoms with Gasteiger partial charge in [-0.05, 0) is 34.4 Å². The quantitative estimate of drug-likeness (QED) is 0.154. The first kappa shape index (κ1) is 74.9. The van der Waals surface area contributed by atoms with Crippen LogP contribution in [-0.2, 0) is 228 Å². The summed E-state index contributed by atoms with van der Waals surface area (Å²) >= 11 is 0. The van der Waals surface area contributed by atoms with E-state index in [2.05, 4.69) is 255 Å². The molecule has 5 aliphatic rings. The molecular formula is C89H56Y6-10. The number of rotatable bonds is 4. The van der Waals surface area contributed by atoms with Gasteiger partial charge in [0.1, 0.15) is 0 Å². The first-order valence-electron chi connectivity index (χ1n) is 30.5. The molecule has 14 aromatic carbocycles. The van der Waals surface area contributed by atoms with Crippen LogP contribution in [0.4, 0.5) is 0 Å². The van der Waals surface area contributed by atoms with Crippen LogP contribution in [0.25, 0.3) is 93.5 Å². The molecule has 0 heterocycles. The average Bonchev–Trinajstić information content (AvgIpc) is 1.63. The molecular weight excluding hydrogens is 1600 g/mol. The van der Waals surface area contributed by atoms with Crippen molar-refractivity contribution in [2.45, 2.75) is 32.1 Å². The summed E-state index contributed by atoms with van der Waals surface area (Å²) in [5, 5.41) is 7.93. The van der Waals surface area contributed by atoms with E-state index in [0.717, 1.165) is 65.5 Å². The van der Waals surface area contributed by atoms with Gasteiger partial charge in [0.05, 0.1) is 0 Å². The van der Waals surface area contributed by atoms with Crippen LogP contribution in [0.2, 0.25) is 0 Å². The first-order chi connectivity index (χ1) is 44.1. The second kappa shape index (κ2) is 35.2. The molecule has 0 unspecified atom stereocenters. The fourth-order valence-corrected chi connectivity index (χ4v) is 13.1. The van der Waals surface area contributed by atoms with E-state index in [0.29, 0.717) is 0 Å². The maximum atomic E-state index is 5.39. The van der Waals surface area contributed by atoms with E-state index in [1.165, 1.54) is 127 Å². The van der Waals surface area contributed by atoms with Gasteiger partial charge in [-0.3, -0.25) is 5.57 Å². The second-order valence-electron chi connectivity index (χ2n) is 22.9. The molecule has 95 heavy (non-hydrogen) atoms. The van der Waals surface area contributed by atoms with Gasteiger partial charge >= 0.3 is 0 Å². The Morgan fingerprint density at radius 2 is 0.779 bits per heavy atom. The Balaban J connectivity index is 0.000000140. The van der Waals surface area contributed by atoms with Crippen LogP contribution in [0.1, 0.15) is 61.2 Å². The van der Waals surface area contributed by atoms with Crippen molar-refractivity contribution in [3.8, 4) is 55.6 Å². The fourth-order valence-electron chi connectivity index (χ4n) is 13.1. The Hall–Kier alpha value is -4.30. The Labute approximate surface area is 711 Å². The van der Waals surface area contributed by atoms with E-state index in [1.54, 1.807) is 6.08 Å². The molecule has 19 rings (SSSR count). The zero-order valence-corrected chi connectivity index (χ0v) is 69.6. The minimum Gasteiger partial charge on any atom is -0.344 e. The molecule has 0 nitrogen and oxygen atoms in total. The maximum absolute atomic E-state index is 5.39. The van der Waals surface area contributed by atoms with Gasteiger partial charge in [0.2, 0.25) is 0 Å². The molecule has 14 aromatic rings. The van der Waals surface area contributed by atoms with Crippen molar-refractivity contribution < 1.29 is 196 Å². The zero-order valence-electron chi connectivity index (χ0n) is 52.6. The summed E-state index contributed by atoms with van der Waals surface area (Å²) in [6.07, 6.45) is 13.2. The smallest absolute Gasteiger partial charge is 0 e. The third kappa shape index (κ3) is 16.5. The van der Waals surface area contributed by atoms with Gasteiger partial charge in [0.25, 0.3) is 0 Å². The topological polar surface area (TPSA) is 0 Å². The van der Waals surface area contributed by atoms with Gasteiger partial charge in [-0.1, -0.05) is 144 Å². The first-order valence-corrected chi connectivity index (χ1v) is 30.5. The van der Waals surface area contributed by atoms with Crippen molar-refractivity contribution in [1.82, 2.24) is 0 Å². The summed E-state index contributed by atoms with van der Waals surface area (Å²) in [5.41, 5.74) is 29.0. The summed E-state index contributed by atoms with van der Waals surface area (Å²) in [5.74, 6) is 0. The van der Waals surface area contributed by atoms with Gasteiger partial charge in [-0.25, -0.2) is 39.5 Å². The van der Waals surface area contributed by atoms with Crippen molar-refractivity contribution in [2.24, 2.45) is 0 Å². The van der Waals surface area contributed by atoms with Crippen LogP contribution in [-0.4, -0.2) is 0 Å². The van der Waals surface area contributed by atoms with E-state index in [-0.39, 0.29) is 196 Å². The molecule has 0 bridgehead atoms. The zero-order chi connectivity index (χ0) is 59.5. The van der Waals surface area contributed by atoms with Crippen molar-refractivity contribution >= 4 is 37.9 Å². The van der Waals surface area contributed by atoms with Gasteiger partial charge in [-0.15, -0.1) is 129 Å². The van der Waals surface area contributed by atoms with E-state index in [1.807, 2.05) is 66.7 Å². The second-order valence-corrected chi connectivity index (χ2v) is 22.9. The SMILES string of the molecule is [C-]1=C(c2[c-]cccc2)Cc2ccccc21.[CH-]=CC1=[C-]c2ccccc2C1.[Y].[Y].[Y].[Y].[Y].[Y].[c-]1cccc2c1-c1[c-]cc3ccccc3c1C2.[c-]1ccccc1-c1[c-]c2c(cc1)Cc1c-2ccc2ccccc12.[c-]1ccccc1-c1[c-]c2c(cc1)Cc1ccc3ccccc3c1-2. The predicted molar refractivity (Wildman–Crippen MR) is 367 cm³/mol. The summed E-state index contributed by atoms with van der Waals surface area (Å²) in [6, 6.07) is 117. The van der Waals surface area contributed by atoms with Gasteiger partial charge in [-0.2, -0.15) is 161 Å². The predicted octanol–water partition coefficient (Wildman–Crippen LogP) is 20.9. The average molecular weight is 1660 g/mol. The Morgan fingerprint density at radius 1 is 0.295 bits per heavy atom. The van der Waals surface area contributed by atoms with Crippen LogP contribution in [0.5, 0.6) is 0 Å². The van der Waals surface area contributed by atoms with E-state index < -0.39 is 0 Å². The van der Waals surface area contributed by atoms with Crippen molar-refractivity contribution in [3.05, 3.63) is 401 Å². The molecule has 0 N–H and O–H groups in total. The largest absolute Gasteiger partial charge is 0.344 e. The number of fused-ring (bicyclic) bond motifs is 17. The minimum absolute atomic E-state index is 0. The van der Waals surface area contributed by atoms with Gasteiger partial charge in [0, 0.05) is 196 Å². The summed E-state index contributed by atoms with van der Waals surface area (Å²) in [7, 11) is 0. The summed E-state index contributed by atoms with van der Waals surface area (Å²) in [4.78, 5) is 0. The standard InChI is InChI=1S/2C23H14.C17H10.C15H10.C11H8.6Y/c1-2-6-16(7-3-1)18-11-12-19-14-20-13-10-17-8-4-5-9-21(17)23(20)22(19)15-18;1-2-6-16(7-3-1)18-10-11-19-15-23-20-9-5-4-8-17(20)12-13-21(23)22(19)14-18;1-3-7-14-12(5-1)9-10-16-15-8-4-2-6-13(15)11-17(14)16;1-2-6-12(7-3-1)15-10-13-8-4-5-9-14(13)11-15;1-2-9-7-10-5-3-4-6-11(10)8-9;;;;;;/h1-6,8-13H,14H2;1-6,8-13H,15H2;1-7,9H,11H2;1-6,8-9H,10H2;1-6H,7H2;;;;;;/q5*-2;;;;;;. The molecule has 0 amide bonds. The van der Waals surface area contributed by atoms with Crippen molar-refractivity contribution in [1.29, 1.82) is 0 Å². The van der Waals surface area contributed by atoms with Crippen LogP contribution in [0, 0.1) is 61.2 Å². The molecule has 0 atom stereocenters. The fraction of sp³-hybridized carbons (Fsp3) is 0.0562. The summed E-state index contributed by atoms with van der Waals surface area (Å²) in [6.45, 7) is 5.39. The number of hydrogen-bond donors (Lipinski definition) is 0. The molecule has 6 heteroatoms. The number of hydrogen-bond acceptors (Lipinski definition) is 0. The number of allylic oxidation sites excluding steroid dienone is 3. The minimum atomic E-state index is 0. The molecule has 0 aliphatic heterocycles. The molecule has 440 valence electrons. The Bertz CT molecular complexity index is 5070. The third-order valence-corrected chi connectivity index (χ3v) is 17.5. The molecule has 0 aromatic heterocycles. The molecule has 0 saturated carbocycles. The van der Waals surface area contributed by atoms with Crippen molar-refractivity contribution in [3.63, 3.8) is 0 Å². The molecule has 0 saturated heterocycles. The van der Waals surface area contributed by atoms with E-state index >= 15 is 0 Å².